The molecule has 1 aliphatic rings. The van der Waals surface area contributed by atoms with Crippen LogP contribution in [0.5, 0.6) is 11.5 Å². The fourth-order valence-electron chi connectivity index (χ4n) is 4.51. The molecular weight excluding hydrogens is 394 g/mol. The van der Waals surface area contributed by atoms with E-state index in [1.54, 1.807) is 33.3 Å². The van der Waals surface area contributed by atoms with E-state index in [1.165, 1.54) is 13.8 Å². The maximum Gasteiger partial charge on any atom is 0.158 e. The largest absolute Gasteiger partial charge is 0.497 e. The van der Waals surface area contributed by atoms with E-state index in [1.807, 2.05) is 36.4 Å². The molecule has 164 valence electrons. The Balaban J connectivity index is 2.15. The smallest absolute Gasteiger partial charge is 0.158 e. The summed E-state index contributed by atoms with van der Waals surface area (Å²) >= 11 is 0. The van der Waals surface area contributed by atoms with Crippen LogP contribution >= 0.6 is 0 Å². The minimum absolute atomic E-state index is 0.140. The molecule has 2 aromatic carbocycles. The van der Waals surface area contributed by atoms with E-state index in [4.69, 9.17) is 9.47 Å². The number of carbonyl (C=O) groups excluding carboxylic acids is 2. The Bertz CT molecular complexity index is 990. The highest BCUT2D eigenvalue weighted by Gasteiger charge is 2.49. The molecule has 2 aromatic rings. The first kappa shape index (κ1) is 22.6. The second kappa shape index (κ2) is 8.94. The third-order valence-electron chi connectivity index (χ3n) is 5.85. The van der Waals surface area contributed by atoms with Gasteiger partial charge in [-0.25, -0.2) is 0 Å². The summed E-state index contributed by atoms with van der Waals surface area (Å²) in [5, 5.41) is 14.6. The summed E-state index contributed by atoms with van der Waals surface area (Å²) in [5.41, 5.74) is 1.33. The number of allylic oxidation sites excluding steroid dienone is 1. The predicted octanol–water partition coefficient (Wildman–Crippen LogP) is 4.10. The van der Waals surface area contributed by atoms with Crippen LogP contribution in [-0.4, -0.2) is 36.5 Å². The van der Waals surface area contributed by atoms with Crippen LogP contribution in [0.25, 0.3) is 0 Å². The standard InChI is InChI=1S/C25H29NO5/c1-15(27)22-21(26-18-8-12-20(31-5)13-9-18)14-25(3,29)24(16(2)28)23(22)17-6-10-19(30-4)11-7-17/h6-13,23-24,26,29H,14H2,1-5H3/t23-,24+,25+/m0/s1. The van der Waals surface area contributed by atoms with Gasteiger partial charge in [-0.3, -0.25) is 9.59 Å². The number of rotatable bonds is 7. The molecule has 0 bridgehead atoms. The first-order valence-corrected chi connectivity index (χ1v) is 10.2. The maximum atomic E-state index is 12.9. The average Bonchev–Trinajstić information content (AvgIpc) is 2.72. The Morgan fingerprint density at radius 1 is 0.968 bits per heavy atom. The van der Waals surface area contributed by atoms with Gasteiger partial charge in [0.05, 0.1) is 25.7 Å². The zero-order valence-electron chi connectivity index (χ0n) is 18.6. The molecule has 31 heavy (non-hydrogen) atoms. The topological polar surface area (TPSA) is 84.9 Å². The molecule has 0 aliphatic heterocycles. The van der Waals surface area contributed by atoms with Gasteiger partial charge in [0.1, 0.15) is 17.3 Å². The first-order valence-electron chi connectivity index (χ1n) is 10.2. The van der Waals surface area contributed by atoms with Gasteiger partial charge < -0.3 is 19.9 Å². The highest BCUT2D eigenvalue weighted by atomic mass is 16.5. The minimum atomic E-state index is -1.33. The van der Waals surface area contributed by atoms with E-state index in [-0.39, 0.29) is 18.0 Å². The van der Waals surface area contributed by atoms with Crippen molar-refractivity contribution < 1.29 is 24.2 Å². The number of methoxy groups -OCH3 is 2. The second-order valence-corrected chi connectivity index (χ2v) is 8.18. The summed E-state index contributed by atoms with van der Waals surface area (Å²) in [5.74, 6) is -0.233. The molecule has 3 rings (SSSR count). The molecule has 6 nitrogen and oxygen atoms in total. The van der Waals surface area contributed by atoms with Crippen LogP contribution < -0.4 is 14.8 Å². The van der Waals surface area contributed by atoms with E-state index in [2.05, 4.69) is 5.32 Å². The highest BCUT2D eigenvalue weighted by Crippen LogP contribution is 2.48. The summed E-state index contributed by atoms with van der Waals surface area (Å²) in [4.78, 5) is 25.5. The summed E-state index contributed by atoms with van der Waals surface area (Å²) in [7, 11) is 3.18. The van der Waals surface area contributed by atoms with Crippen LogP contribution in [0.2, 0.25) is 0 Å². The number of aliphatic hydroxyl groups is 1. The van der Waals surface area contributed by atoms with Crippen LogP contribution in [0.15, 0.2) is 59.8 Å². The van der Waals surface area contributed by atoms with Crippen molar-refractivity contribution in [3.8, 4) is 11.5 Å². The Labute approximate surface area is 182 Å². The van der Waals surface area contributed by atoms with Crippen molar-refractivity contribution in [3.05, 3.63) is 65.4 Å². The van der Waals surface area contributed by atoms with E-state index in [9.17, 15) is 14.7 Å². The Morgan fingerprint density at radius 2 is 1.48 bits per heavy atom. The van der Waals surface area contributed by atoms with E-state index >= 15 is 0 Å². The SMILES string of the molecule is COc1ccc(NC2=C(C(C)=O)[C@H](c3ccc(OC)cc3)[C@@H](C(C)=O)[C@](C)(O)C2)cc1. The van der Waals surface area contributed by atoms with Gasteiger partial charge in [-0.05, 0) is 62.7 Å². The number of hydrogen-bond donors (Lipinski definition) is 2. The lowest BCUT2D eigenvalue weighted by atomic mass is 9.64. The lowest BCUT2D eigenvalue weighted by Gasteiger charge is -2.43. The summed E-state index contributed by atoms with van der Waals surface area (Å²) in [6, 6.07) is 14.6. The predicted molar refractivity (Wildman–Crippen MR) is 119 cm³/mol. The van der Waals surface area contributed by atoms with Crippen LogP contribution in [0, 0.1) is 5.92 Å². The zero-order valence-corrected chi connectivity index (χ0v) is 18.6. The van der Waals surface area contributed by atoms with Gasteiger partial charge in [0.2, 0.25) is 0 Å². The summed E-state index contributed by atoms with van der Waals surface area (Å²) in [6.45, 7) is 4.62. The van der Waals surface area contributed by atoms with Gasteiger partial charge in [0, 0.05) is 29.3 Å². The van der Waals surface area contributed by atoms with Gasteiger partial charge >= 0.3 is 0 Å². The second-order valence-electron chi connectivity index (χ2n) is 8.18. The van der Waals surface area contributed by atoms with Crippen molar-refractivity contribution >= 4 is 17.3 Å². The van der Waals surface area contributed by atoms with Crippen molar-refractivity contribution in [3.63, 3.8) is 0 Å². The van der Waals surface area contributed by atoms with E-state index < -0.39 is 17.4 Å². The molecule has 0 saturated carbocycles. The molecule has 0 amide bonds. The number of Topliss-reactive ketones (excluding diaryl/α,β-unsaturated/α-hetero) is 2. The lowest BCUT2D eigenvalue weighted by Crippen LogP contribution is -2.48. The monoisotopic (exact) mass is 423 g/mol. The molecule has 0 radical (unpaired) electrons. The number of ketones is 2. The van der Waals surface area contributed by atoms with Gasteiger partial charge in [0.25, 0.3) is 0 Å². The molecule has 0 unspecified atom stereocenters. The van der Waals surface area contributed by atoms with Gasteiger partial charge in [-0.1, -0.05) is 12.1 Å². The van der Waals surface area contributed by atoms with Crippen molar-refractivity contribution in [2.75, 3.05) is 19.5 Å². The van der Waals surface area contributed by atoms with E-state index in [0.717, 1.165) is 17.0 Å². The molecular formula is C25H29NO5. The third kappa shape index (κ3) is 4.64. The van der Waals surface area contributed by atoms with Crippen molar-refractivity contribution in [1.82, 2.24) is 0 Å². The molecule has 1 aliphatic carbocycles. The van der Waals surface area contributed by atoms with Crippen molar-refractivity contribution in [1.29, 1.82) is 0 Å². The maximum absolute atomic E-state index is 12.9. The molecule has 0 fully saturated rings. The number of nitrogens with one attached hydrogen (secondary N) is 1. The Kier molecular flexibility index (Phi) is 6.51. The minimum Gasteiger partial charge on any atom is -0.497 e. The van der Waals surface area contributed by atoms with Crippen molar-refractivity contribution in [2.24, 2.45) is 5.92 Å². The van der Waals surface area contributed by atoms with Crippen LogP contribution in [0.1, 0.15) is 38.7 Å². The Hall–Kier alpha value is -3.12. The number of carbonyl (C=O) groups is 2. The molecule has 0 saturated heterocycles. The van der Waals surface area contributed by atoms with Gasteiger partial charge in [-0.15, -0.1) is 0 Å². The molecule has 0 heterocycles. The Morgan fingerprint density at radius 3 is 1.94 bits per heavy atom. The van der Waals surface area contributed by atoms with Crippen molar-refractivity contribution in [2.45, 2.75) is 38.7 Å². The van der Waals surface area contributed by atoms with Gasteiger partial charge in [-0.2, -0.15) is 0 Å². The normalized spacial score (nSPS) is 23.3. The third-order valence-corrected chi connectivity index (χ3v) is 5.85. The fourth-order valence-corrected chi connectivity index (χ4v) is 4.51. The summed E-state index contributed by atoms with van der Waals surface area (Å²) < 4.78 is 10.5. The average molecular weight is 424 g/mol. The number of benzene rings is 2. The fraction of sp³-hybridized carbons (Fsp3) is 0.360. The lowest BCUT2D eigenvalue weighted by molar-refractivity contribution is -0.131. The summed E-state index contributed by atoms with van der Waals surface area (Å²) in [6.07, 6.45) is 0.158. The molecule has 6 heteroatoms. The quantitative estimate of drug-likeness (QED) is 0.697. The van der Waals surface area contributed by atoms with Crippen LogP contribution in [-0.2, 0) is 9.59 Å². The molecule has 2 N–H and O–H groups in total. The van der Waals surface area contributed by atoms with Crippen LogP contribution in [0.3, 0.4) is 0 Å². The zero-order chi connectivity index (χ0) is 22.8. The van der Waals surface area contributed by atoms with Crippen LogP contribution in [0.4, 0.5) is 5.69 Å². The molecule has 3 atom stereocenters. The number of ether oxygens (including phenoxy) is 2. The van der Waals surface area contributed by atoms with Gasteiger partial charge in [0.15, 0.2) is 5.78 Å². The molecule has 0 aromatic heterocycles. The number of hydrogen-bond acceptors (Lipinski definition) is 6. The highest BCUT2D eigenvalue weighted by molar-refractivity contribution is 5.98. The number of anilines is 1. The van der Waals surface area contributed by atoms with E-state index in [0.29, 0.717) is 17.0 Å². The first-order chi connectivity index (χ1) is 14.7. The molecule has 0 spiro atoms.